The van der Waals surface area contributed by atoms with Crippen molar-refractivity contribution in [3.05, 3.63) is 0 Å². The predicted molar refractivity (Wildman–Crippen MR) is 195 cm³/mol. The van der Waals surface area contributed by atoms with Crippen molar-refractivity contribution in [2.75, 3.05) is 13.1 Å². The summed E-state index contributed by atoms with van der Waals surface area (Å²) in [5.41, 5.74) is -1.17. The summed E-state index contributed by atoms with van der Waals surface area (Å²) in [6.45, 7) is 18.6. The van der Waals surface area contributed by atoms with E-state index < -0.39 is 41.9 Å². The van der Waals surface area contributed by atoms with Crippen LogP contribution < -0.4 is 10.6 Å². The van der Waals surface area contributed by atoms with Crippen LogP contribution in [0, 0.1) is 0 Å². The third-order valence-electron chi connectivity index (χ3n) is 6.40. The molecule has 0 aromatic carbocycles. The number of carboxylic acids is 1. The van der Waals surface area contributed by atoms with Gasteiger partial charge in [0.05, 0.1) is 6.10 Å². The standard InChI is InChI=1S/C18H35NO4.C11H24O.C7H13NO4.CH4/c1-6-8-10-12-15(13-11-9-7-2)22-16(20)14-19-17(21)23-18(3,4)5;1-3-5-7-9-11(12)10-8-6-4-2;1-7(2,3)12-6(11)8-4-5(9)10;/h15H,6-14H2,1-5H3,(H,19,21);11-12H,3-10H2,1-2H3;4H2,1-3H3,(H,8,11)(H,9,10);1H4. The maximum Gasteiger partial charge on any atom is 0.408 e. The number of amides is 2. The molecule has 0 saturated carbocycles. The van der Waals surface area contributed by atoms with E-state index >= 15 is 0 Å². The Morgan fingerprint density at radius 1 is 0.583 bits per heavy atom. The first-order valence-corrected chi connectivity index (χ1v) is 17.9. The molecule has 2 amide bonds. The van der Waals surface area contributed by atoms with Crippen molar-refractivity contribution >= 4 is 24.1 Å². The van der Waals surface area contributed by atoms with Gasteiger partial charge in [0.25, 0.3) is 0 Å². The molecule has 11 nitrogen and oxygen atoms in total. The van der Waals surface area contributed by atoms with Gasteiger partial charge in [0, 0.05) is 0 Å². The zero-order chi connectivity index (χ0) is 36.7. The van der Waals surface area contributed by atoms with Gasteiger partial charge in [0.1, 0.15) is 30.4 Å². The van der Waals surface area contributed by atoms with Gasteiger partial charge < -0.3 is 35.1 Å². The Labute approximate surface area is 294 Å². The third-order valence-corrected chi connectivity index (χ3v) is 6.40. The van der Waals surface area contributed by atoms with Crippen LogP contribution >= 0.6 is 0 Å². The summed E-state index contributed by atoms with van der Waals surface area (Å²) >= 11 is 0. The normalized spacial score (nSPS) is 10.9. The summed E-state index contributed by atoms with van der Waals surface area (Å²) in [5, 5.41) is 22.2. The van der Waals surface area contributed by atoms with Crippen molar-refractivity contribution in [1.82, 2.24) is 10.6 Å². The molecule has 0 aromatic rings. The van der Waals surface area contributed by atoms with Gasteiger partial charge in [-0.15, -0.1) is 0 Å². The van der Waals surface area contributed by atoms with E-state index in [1.807, 2.05) is 0 Å². The lowest BCUT2D eigenvalue weighted by Gasteiger charge is -2.20. The quantitative estimate of drug-likeness (QED) is 0.0522. The molecule has 0 heterocycles. The number of ether oxygens (including phenoxy) is 3. The molecule has 0 spiro atoms. The number of nitrogens with one attached hydrogen (secondary N) is 2. The van der Waals surface area contributed by atoms with Crippen molar-refractivity contribution in [2.24, 2.45) is 0 Å². The molecule has 0 atom stereocenters. The highest BCUT2D eigenvalue weighted by Crippen LogP contribution is 2.15. The molecule has 48 heavy (non-hydrogen) atoms. The monoisotopic (exact) mass is 693 g/mol. The topological polar surface area (TPSA) is 160 Å². The van der Waals surface area contributed by atoms with Gasteiger partial charge in [-0.05, 0) is 80.1 Å². The van der Waals surface area contributed by atoms with E-state index in [4.69, 9.17) is 19.3 Å². The number of rotatable bonds is 21. The summed E-state index contributed by atoms with van der Waals surface area (Å²) in [6, 6.07) is 0. The fraction of sp³-hybridized carbons (Fsp3) is 0.892. The number of carboxylic acid groups (broad SMARTS) is 1. The van der Waals surface area contributed by atoms with Crippen LogP contribution in [0.4, 0.5) is 9.59 Å². The van der Waals surface area contributed by atoms with Crippen molar-refractivity contribution in [2.45, 2.75) is 203 Å². The molecular formula is C37H76N2O9. The molecule has 0 unspecified atom stereocenters. The van der Waals surface area contributed by atoms with Crippen molar-refractivity contribution < 1.29 is 43.6 Å². The lowest BCUT2D eigenvalue weighted by Crippen LogP contribution is -2.37. The summed E-state index contributed by atoms with van der Waals surface area (Å²) in [5.74, 6) is -1.49. The minimum atomic E-state index is -1.10. The second-order valence-electron chi connectivity index (χ2n) is 13.9. The molecule has 11 heteroatoms. The van der Waals surface area contributed by atoms with Gasteiger partial charge in [-0.3, -0.25) is 9.59 Å². The summed E-state index contributed by atoms with van der Waals surface area (Å²) in [4.78, 5) is 44.2. The number of esters is 1. The Hall–Kier alpha value is -2.56. The molecule has 4 N–H and O–H groups in total. The van der Waals surface area contributed by atoms with Gasteiger partial charge >= 0.3 is 24.1 Å². The molecule has 0 fully saturated rings. The summed E-state index contributed by atoms with van der Waals surface area (Å²) in [7, 11) is 0. The van der Waals surface area contributed by atoms with Gasteiger partial charge in [-0.2, -0.15) is 0 Å². The lowest BCUT2D eigenvalue weighted by atomic mass is 10.0. The van der Waals surface area contributed by atoms with E-state index in [0.29, 0.717) is 0 Å². The van der Waals surface area contributed by atoms with E-state index in [1.165, 1.54) is 38.5 Å². The molecule has 0 radical (unpaired) electrons. The average Bonchev–Trinajstić information content (AvgIpc) is 2.94. The number of aliphatic hydroxyl groups excluding tert-OH is 1. The zero-order valence-electron chi connectivity index (χ0n) is 31.6. The Morgan fingerprint density at radius 3 is 1.23 bits per heavy atom. The molecule has 0 aliphatic carbocycles. The number of unbranched alkanes of at least 4 members (excludes halogenated alkanes) is 8. The second kappa shape index (κ2) is 33.0. The Kier molecular flexibility index (Phi) is 35.9. The first kappa shape index (κ1) is 52.3. The van der Waals surface area contributed by atoms with Gasteiger partial charge in [-0.25, -0.2) is 9.59 Å². The smallest absolute Gasteiger partial charge is 0.408 e. The maximum absolute atomic E-state index is 11.9. The highest BCUT2D eigenvalue weighted by atomic mass is 16.6. The number of carbonyl (C=O) groups excluding carboxylic acids is 3. The molecule has 0 bridgehead atoms. The predicted octanol–water partition coefficient (Wildman–Crippen LogP) is 9.32. The summed E-state index contributed by atoms with van der Waals surface area (Å²) in [6.07, 6.45) is 16.6. The number of carbonyl (C=O) groups is 4. The van der Waals surface area contributed by atoms with Gasteiger partial charge in [0.15, 0.2) is 0 Å². The van der Waals surface area contributed by atoms with Crippen LogP contribution in [0.15, 0.2) is 0 Å². The average molecular weight is 693 g/mol. The lowest BCUT2D eigenvalue weighted by molar-refractivity contribution is -0.148. The van der Waals surface area contributed by atoms with Crippen molar-refractivity contribution in [3.8, 4) is 0 Å². The first-order valence-electron chi connectivity index (χ1n) is 17.9. The van der Waals surface area contributed by atoms with Crippen LogP contribution in [0.3, 0.4) is 0 Å². The fourth-order valence-corrected chi connectivity index (χ4v) is 4.06. The minimum Gasteiger partial charge on any atom is -0.480 e. The highest BCUT2D eigenvalue weighted by Gasteiger charge is 2.19. The number of alkyl carbamates (subject to hydrolysis) is 2. The van der Waals surface area contributed by atoms with E-state index in [0.717, 1.165) is 64.2 Å². The van der Waals surface area contributed by atoms with Gasteiger partial charge in [0.2, 0.25) is 0 Å². The fourth-order valence-electron chi connectivity index (χ4n) is 4.06. The summed E-state index contributed by atoms with van der Waals surface area (Å²) < 4.78 is 15.4. The molecule has 288 valence electrons. The van der Waals surface area contributed by atoms with Crippen molar-refractivity contribution in [3.63, 3.8) is 0 Å². The molecule has 0 aliphatic rings. The van der Waals surface area contributed by atoms with E-state index in [-0.39, 0.29) is 26.2 Å². The number of aliphatic hydroxyl groups is 1. The molecule has 0 aliphatic heterocycles. The molecule has 0 saturated heterocycles. The minimum absolute atomic E-state index is 0. The van der Waals surface area contributed by atoms with E-state index in [9.17, 15) is 24.3 Å². The molecular weight excluding hydrogens is 616 g/mol. The number of aliphatic carboxylic acids is 1. The van der Waals surface area contributed by atoms with Crippen LogP contribution in [0.5, 0.6) is 0 Å². The van der Waals surface area contributed by atoms with Crippen molar-refractivity contribution in [1.29, 1.82) is 0 Å². The maximum atomic E-state index is 11.9. The van der Waals surface area contributed by atoms with Crippen LogP contribution in [0.2, 0.25) is 0 Å². The second-order valence-corrected chi connectivity index (χ2v) is 13.9. The van der Waals surface area contributed by atoms with Gasteiger partial charge in [-0.1, -0.05) is 99.3 Å². The van der Waals surface area contributed by atoms with Crippen LogP contribution in [0.25, 0.3) is 0 Å². The molecule has 0 aromatic heterocycles. The van der Waals surface area contributed by atoms with E-state index in [1.54, 1.807) is 41.5 Å². The third kappa shape index (κ3) is 45.6. The SMILES string of the molecule is C.CC(C)(C)OC(=O)NCC(=O)O.CCCCCC(CCCCC)OC(=O)CNC(=O)OC(C)(C)C.CCCCCC(O)CCCCC. The van der Waals surface area contributed by atoms with Crippen LogP contribution in [0.1, 0.15) is 179 Å². The Balaban J connectivity index is -0.000000328. The van der Waals surface area contributed by atoms with Crippen LogP contribution in [-0.4, -0.2) is 70.8 Å². The van der Waals surface area contributed by atoms with Crippen LogP contribution in [-0.2, 0) is 23.8 Å². The highest BCUT2D eigenvalue weighted by molar-refractivity contribution is 5.78. The zero-order valence-corrected chi connectivity index (χ0v) is 31.6. The van der Waals surface area contributed by atoms with E-state index in [2.05, 4.69) is 38.3 Å². The number of hydrogen-bond donors (Lipinski definition) is 4. The Morgan fingerprint density at radius 2 is 0.917 bits per heavy atom. The Bertz CT molecular complexity index is 773. The molecule has 0 rings (SSSR count). The number of hydrogen-bond acceptors (Lipinski definition) is 8. The first-order chi connectivity index (χ1) is 21.9. The largest absolute Gasteiger partial charge is 0.480 e.